The van der Waals surface area contributed by atoms with Crippen LogP contribution in [0.1, 0.15) is 46.0 Å². The molecular weight excluding hydrogens is 484 g/mol. The lowest BCUT2D eigenvalue weighted by molar-refractivity contribution is -0.360. The summed E-state index contributed by atoms with van der Waals surface area (Å²) in [6.07, 6.45) is -11.4. The first-order valence-corrected chi connectivity index (χ1v) is 12.7. The monoisotopic (exact) mass is 528 g/mol. The zero-order valence-electron chi connectivity index (χ0n) is 20.9. The minimum atomic E-state index is -1.75. The Labute approximate surface area is 211 Å². The fourth-order valence-corrected chi connectivity index (χ4v) is 4.22. The van der Waals surface area contributed by atoms with E-state index in [9.17, 15) is 40.9 Å². The van der Waals surface area contributed by atoms with E-state index in [1.807, 2.05) is 6.92 Å². The highest BCUT2D eigenvalue weighted by Crippen LogP contribution is 2.29. The minimum Gasteiger partial charge on any atom is -0.394 e. The lowest BCUT2D eigenvalue weighted by Crippen LogP contribution is -2.64. The Hall–Kier alpha value is -0.520. The molecule has 0 aliphatic carbocycles. The second-order valence-corrected chi connectivity index (χ2v) is 9.35. The number of ether oxygens (including phenoxy) is 5. The topological polar surface area (TPSA) is 208 Å². The molecule has 36 heavy (non-hydrogen) atoms. The summed E-state index contributed by atoms with van der Waals surface area (Å²) in [7, 11) is 0. The van der Waals surface area contributed by atoms with Crippen LogP contribution in [0.25, 0.3) is 0 Å². The molecule has 0 aromatic carbocycles. The van der Waals surface area contributed by atoms with Crippen molar-refractivity contribution in [2.45, 2.75) is 120 Å². The van der Waals surface area contributed by atoms with Crippen LogP contribution in [0.2, 0.25) is 0 Å². The van der Waals surface area contributed by atoms with Crippen molar-refractivity contribution in [2.75, 3.05) is 26.4 Å². The molecule has 2 saturated heterocycles. The van der Waals surface area contributed by atoms with Crippen LogP contribution >= 0.6 is 0 Å². The predicted molar refractivity (Wildman–Crippen MR) is 123 cm³/mol. The average molecular weight is 529 g/mol. The Balaban J connectivity index is 1.89. The Bertz CT molecular complexity index is 594. The molecule has 214 valence electrons. The summed E-state index contributed by atoms with van der Waals surface area (Å²) >= 11 is 0. The molecule has 0 bridgehead atoms. The number of rotatable bonds is 15. The van der Waals surface area contributed by atoms with Crippen LogP contribution in [-0.4, -0.2) is 141 Å². The van der Waals surface area contributed by atoms with Crippen molar-refractivity contribution in [1.82, 2.24) is 0 Å². The number of unbranched alkanes of at least 4 members (excludes halogenated alkanes) is 2. The second-order valence-electron chi connectivity index (χ2n) is 9.35. The molecule has 2 rings (SSSR count). The molecule has 2 fully saturated rings. The van der Waals surface area contributed by atoms with Crippen LogP contribution in [0.4, 0.5) is 0 Å². The number of aliphatic hydroxyl groups is 8. The highest BCUT2D eigenvalue weighted by atomic mass is 16.7. The molecule has 0 spiro atoms. The molecule has 0 saturated carbocycles. The summed E-state index contributed by atoms with van der Waals surface area (Å²) in [5.41, 5.74) is 0. The Morgan fingerprint density at radius 1 is 0.750 bits per heavy atom. The van der Waals surface area contributed by atoms with E-state index < -0.39 is 80.7 Å². The average Bonchev–Trinajstić information content (AvgIpc) is 2.88. The molecule has 0 aromatic heterocycles. The van der Waals surface area contributed by atoms with Crippen molar-refractivity contribution >= 4 is 0 Å². The van der Waals surface area contributed by atoms with Gasteiger partial charge in [0.1, 0.15) is 54.9 Å². The highest BCUT2D eigenvalue weighted by Gasteiger charge is 2.50. The summed E-state index contributed by atoms with van der Waals surface area (Å²) in [6, 6.07) is 0. The van der Waals surface area contributed by atoms with E-state index >= 15 is 0 Å². The normalized spacial score (nSPS) is 39.2. The second kappa shape index (κ2) is 15.8. The Morgan fingerprint density at radius 3 is 2.00 bits per heavy atom. The van der Waals surface area contributed by atoms with Gasteiger partial charge in [0.25, 0.3) is 0 Å². The van der Waals surface area contributed by atoms with Gasteiger partial charge in [0.05, 0.1) is 32.5 Å². The van der Waals surface area contributed by atoms with Gasteiger partial charge < -0.3 is 64.5 Å². The zero-order chi connectivity index (χ0) is 26.8. The first-order valence-electron chi connectivity index (χ1n) is 12.7. The molecular formula is C23H44O13. The van der Waals surface area contributed by atoms with Crippen LogP contribution in [0.15, 0.2) is 0 Å². The van der Waals surface area contributed by atoms with Crippen molar-refractivity contribution in [3.05, 3.63) is 0 Å². The summed E-state index contributed by atoms with van der Waals surface area (Å²) in [5.74, 6) is 0. The van der Waals surface area contributed by atoms with Crippen molar-refractivity contribution in [1.29, 1.82) is 0 Å². The van der Waals surface area contributed by atoms with E-state index in [4.69, 9.17) is 23.7 Å². The molecule has 12 atom stereocenters. The lowest BCUT2D eigenvalue weighted by Gasteiger charge is -2.46. The fourth-order valence-electron chi connectivity index (χ4n) is 4.22. The van der Waals surface area contributed by atoms with Crippen LogP contribution in [0, 0.1) is 0 Å². The van der Waals surface area contributed by atoms with Crippen LogP contribution in [0.5, 0.6) is 0 Å². The Kier molecular flexibility index (Phi) is 13.9. The SMILES string of the molecule is CCCCCC(CC)OCC(O)CO[C@H]1O[C@H](CO)[C@@H](O[C@H]2O[C@H](CO)[C@@H](O)[C@H](O)[C@H]2O)[C@H](O)[C@H]1O. The molecule has 13 nitrogen and oxygen atoms in total. The van der Waals surface area contributed by atoms with Crippen LogP contribution in [0.3, 0.4) is 0 Å². The third-order valence-corrected chi connectivity index (χ3v) is 6.52. The molecule has 2 aliphatic heterocycles. The largest absolute Gasteiger partial charge is 0.394 e. The molecule has 0 aromatic rings. The summed E-state index contributed by atoms with van der Waals surface area (Å²) in [6.45, 7) is 2.52. The van der Waals surface area contributed by atoms with Gasteiger partial charge >= 0.3 is 0 Å². The maximum atomic E-state index is 10.6. The zero-order valence-corrected chi connectivity index (χ0v) is 20.9. The van der Waals surface area contributed by atoms with Crippen molar-refractivity contribution in [3.8, 4) is 0 Å². The van der Waals surface area contributed by atoms with Crippen molar-refractivity contribution < 1.29 is 64.5 Å². The van der Waals surface area contributed by atoms with Crippen molar-refractivity contribution in [3.63, 3.8) is 0 Å². The van der Waals surface area contributed by atoms with Gasteiger partial charge in [-0.25, -0.2) is 0 Å². The Morgan fingerprint density at radius 2 is 1.39 bits per heavy atom. The maximum absolute atomic E-state index is 10.6. The molecule has 8 N–H and O–H groups in total. The first-order chi connectivity index (χ1) is 17.2. The van der Waals surface area contributed by atoms with Gasteiger partial charge in [-0.3, -0.25) is 0 Å². The first kappa shape index (κ1) is 31.7. The highest BCUT2D eigenvalue weighted by molar-refractivity contribution is 4.94. The van der Waals surface area contributed by atoms with Gasteiger partial charge in [-0.1, -0.05) is 33.1 Å². The van der Waals surface area contributed by atoms with Gasteiger partial charge in [0, 0.05) is 0 Å². The van der Waals surface area contributed by atoms with Gasteiger partial charge in [-0.05, 0) is 12.8 Å². The quantitative estimate of drug-likeness (QED) is 0.102. The maximum Gasteiger partial charge on any atom is 0.187 e. The fraction of sp³-hybridized carbons (Fsp3) is 1.00. The summed E-state index contributed by atoms with van der Waals surface area (Å²) < 4.78 is 27.4. The van der Waals surface area contributed by atoms with Gasteiger partial charge in [-0.15, -0.1) is 0 Å². The molecule has 0 amide bonds. The molecule has 2 heterocycles. The number of aliphatic hydroxyl groups excluding tert-OH is 8. The van der Waals surface area contributed by atoms with Gasteiger partial charge in [0.15, 0.2) is 12.6 Å². The third-order valence-electron chi connectivity index (χ3n) is 6.52. The van der Waals surface area contributed by atoms with Crippen molar-refractivity contribution in [2.24, 2.45) is 0 Å². The summed E-state index contributed by atoms with van der Waals surface area (Å²) in [4.78, 5) is 0. The molecule has 2 aliphatic rings. The van der Waals surface area contributed by atoms with E-state index in [1.54, 1.807) is 0 Å². The van der Waals surface area contributed by atoms with Gasteiger partial charge in [0.2, 0.25) is 0 Å². The van der Waals surface area contributed by atoms with E-state index in [1.165, 1.54) is 0 Å². The summed E-state index contributed by atoms with van der Waals surface area (Å²) in [5, 5.41) is 80.4. The van der Waals surface area contributed by atoms with Gasteiger partial charge in [-0.2, -0.15) is 0 Å². The third kappa shape index (κ3) is 8.50. The predicted octanol–water partition coefficient (Wildman–Crippen LogP) is -2.64. The smallest absolute Gasteiger partial charge is 0.187 e. The molecule has 0 radical (unpaired) electrons. The standard InChI is InChI=1S/C23H44O13/c1-3-5-6-7-13(4-2)32-10-12(26)11-33-22-20(31)18(29)21(15(9-25)35-22)36-23-19(30)17(28)16(27)14(8-24)34-23/h12-31H,3-11H2,1-2H3/t12?,13?,14-,15-,16-,17+,18-,19-,20-,21-,22+,23-/m1/s1. The van der Waals surface area contributed by atoms with E-state index in [2.05, 4.69) is 6.92 Å². The number of hydrogen-bond acceptors (Lipinski definition) is 13. The van der Waals surface area contributed by atoms with Crippen LogP contribution in [-0.2, 0) is 23.7 Å². The molecule has 13 heteroatoms. The van der Waals surface area contributed by atoms with E-state index in [0.717, 1.165) is 32.1 Å². The lowest BCUT2D eigenvalue weighted by atomic mass is 9.97. The number of hydrogen-bond donors (Lipinski definition) is 8. The van der Waals surface area contributed by atoms with E-state index in [0.29, 0.717) is 0 Å². The minimum absolute atomic E-state index is 0.0161. The van der Waals surface area contributed by atoms with Crippen LogP contribution < -0.4 is 0 Å². The van der Waals surface area contributed by atoms with E-state index in [-0.39, 0.29) is 19.3 Å². The molecule has 2 unspecified atom stereocenters.